The Morgan fingerprint density at radius 3 is 2.65 bits per heavy atom. The van der Waals surface area contributed by atoms with Crippen LogP contribution in [0.3, 0.4) is 0 Å². The number of carbonyl (C=O) groups is 1. The molecule has 0 saturated carbocycles. The predicted octanol–water partition coefficient (Wildman–Crippen LogP) is 4.56. The van der Waals surface area contributed by atoms with Gasteiger partial charge in [-0.25, -0.2) is 4.98 Å². The Morgan fingerprint density at radius 1 is 1.15 bits per heavy atom. The molecule has 132 valence electrons. The summed E-state index contributed by atoms with van der Waals surface area (Å²) in [7, 11) is 0. The summed E-state index contributed by atoms with van der Waals surface area (Å²) in [5.41, 5.74) is 11.1. The number of ketones is 1. The van der Waals surface area contributed by atoms with Crippen molar-refractivity contribution in [3.63, 3.8) is 0 Å². The van der Waals surface area contributed by atoms with Gasteiger partial charge in [0.1, 0.15) is 5.82 Å². The van der Waals surface area contributed by atoms with Crippen LogP contribution in [0.25, 0.3) is 11.3 Å². The maximum Gasteiger partial charge on any atom is 0.167 e. The van der Waals surface area contributed by atoms with E-state index in [4.69, 9.17) is 5.73 Å². The summed E-state index contributed by atoms with van der Waals surface area (Å²) in [5, 5.41) is 3.44. The Bertz CT molecular complexity index is 973. The molecule has 0 unspecified atom stereocenters. The molecule has 0 bridgehead atoms. The zero-order valence-electron chi connectivity index (χ0n) is 15.0. The van der Waals surface area contributed by atoms with Crippen LogP contribution < -0.4 is 11.1 Å². The fourth-order valence-corrected chi connectivity index (χ4v) is 3.67. The predicted molar refractivity (Wildman–Crippen MR) is 105 cm³/mol. The molecule has 0 fully saturated rings. The zero-order valence-corrected chi connectivity index (χ0v) is 15.0. The van der Waals surface area contributed by atoms with Gasteiger partial charge in [-0.1, -0.05) is 32.0 Å². The number of aromatic nitrogens is 2. The molecule has 5 nitrogen and oxygen atoms in total. The Labute approximate surface area is 152 Å². The van der Waals surface area contributed by atoms with Crippen LogP contribution in [0.2, 0.25) is 0 Å². The van der Waals surface area contributed by atoms with Crippen molar-refractivity contribution in [1.82, 2.24) is 9.97 Å². The Hall–Kier alpha value is -3.08. The monoisotopic (exact) mass is 346 g/mol. The fourth-order valence-electron chi connectivity index (χ4n) is 3.67. The van der Waals surface area contributed by atoms with Gasteiger partial charge in [-0.15, -0.1) is 0 Å². The Kier molecular flexibility index (Phi) is 3.80. The largest absolute Gasteiger partial charge is 0.384 e. The molecule has 1 aliphatic rings. The van der Waals surface area contributed by atoms with E-state index >= 15 is 0 Å². The SMILES string of the molecule is CC1(C)CC(=O)c2c([nH]c(-c3ccnc(N)c3)c2Nc2ccccc2)C1. The van der Waals surface area contributed by atoms with E-state index in [0.717, 1.165) is 40.3 Å². The molecule has 2 heterocycles. The highest BCUT2D eigenvalue weighted by Crippen LogP contribution is 2.43. The average molecular weight is 346 g/mol. The van der Waals surface area contributed by atoms with Crippen molar-refractivity contribution in [2.75, 3.05) is 11.1 Å². The van der Waals surface area contributed by atoms with E-state index in [2.05, 4.69) is 29.1 Å². The molecule has 0 radical (unpaired) electrons. The number of benzene rings is 1. The van der Waals surface area contributed by atoms with Crippen molar-refractivity contribution in [3.05, 3.63) is 59.9 Å². The lowest BCUT2D eigenvalue weighted by molar-refractivity contribution is 0.0912. The van der Waals surface area contributed by atoms with Gasteiger partial charge in [0.25, 0.3) is 0 Å². The molecule has 0 spiro atoms. The molecule has 0 amide bonds. The highest BCUT2D eigenvalue weighted by Gasteiger charge is 2.35. The number of hydrogen-bond donors (Lipinski definition) is 3. The highest BCUT2D eigenvalue weighted by molar-refractivity contribution is 6.07. The van der Waals surface area contributed by atoms with Crippen LogP contribution in [0, 0.1) is 5.41 Å². The number of rotatable bonds is 3. The van der Waals surface area contributed by atoms with E-state index in [9.17, 15) is 4.79 Å². The van der Waals surface area contributed by atoms with Crippen LogP contribution in [0.4, 0.5) is 17.2 Å². The summed E-state index contributed by atoms with van der Waals surface area (Å²) >= 11 is 0. The third-order valence-electron chi connectivity index (χ3n) is 4.76. The van der Waals surface area contributed by atoms with E-state index < -0.39 is 0 Å². The summed E-state index contributed by atoms with van der Waals surface area (Å²) in [6, 6.07) is 13.6. The van der Waals surface area contributed by atoms with Gasteiger partial charge in [0.2, 0.25) is 0 Å². The van der Waals surface area contributed by atoms with Gasteiger partial charge in [-0.2, -0.15) is 0 Å². The second-order valence-electron chi connectivity index (χ2n) is 7.63. The summed E-state index contributed by atoms with van der Waals surface area (Å²) in [4.78, 5) is 20.5. The quantitative estimate of drug-likeness (QED) is 0.649. The number of para-hydroxylation sites is 1. The molecule has 4 N–H and O–H groups in total. The van der Waals surface area contributed by atoms with Crippen molar-refractivity contribution in [2.45, 2.75) is 26.7 Å². The topological polar surface area (TPSA) is 83.8 Å². The number of pyridine rings is 1. The van der Waals surface area contributed by atoms with E-state index in [1.807, 2.05) is 42.5 Å². The molecule has 0 atom stereocenters. The highest BCUT2D eigenvalue weighted by atomic mass is 16.1. The number of H-pyrrole nitrogens is 1. The number of fused-ring (bicyclic) bond motifs is 1. The average Bonchev–Trinajstić information content (AvgIpc) is 2.93. The first-order chi connectivity index (χ1) is 12.4. The standard InChI is InChI=1S/C21H22N4O/c1-21(2)11-15-18(16(26)12-21)20(24-14-6-4-3-5-7-14)19(25-15)13-8-9-23-17(22)10-13/h3-10,24-25H,11-12H2,1-2H3,(H2,22,23). The van der Waals surface area contributed by atoms with Gasteiger partial charge in [-0.05, 0) is 36.1 Å². The summed E-state index contributed by atoms with van der Waals surface area (Å²) in [6.45, 7) is 4.26. The van der Waals surface area contributed by atoms with Crippen molar-refractivity contribution >= 4 is 23.0 Å². The normalized spacial score (nSPS) is 15.5. The van der Waals surface area contributed by atoms with Crippen LogP contribution in [-0.4, -0.2) is 15.8 Å². The van der Waals surface area contributed by atoms with E-state index in [1.54, 1.807) is 6.20 Å². The summed E-state index contributed by atoms with van der Waals surface area (Å²) < 4.78 is 0. The first kappa shape index (κ1) is 16.4. The van der Waals surface area contributed by atoms with Gasteiger partial charge < -0.3 is 16.0 Å². The van der Waals surface area contributed by atoms with Crippen molar-refractivity contribution in [1.29, 1.82) is 0 Å². The van der Waals surface area contributed by atoms with Crippen molar-refractivity contribution in [3.8, 4) is 11.3 Å². The molecule has 5 heteroatoms. The summed E-state index contributed by atoms with van der Waals surface area (Å²) in [5.74, 6) is 0.617. The van der Waals surface area contributed by atoms with Gasteiger partial charge in [-0.3, -0.25) is 4.79 Å². The Balaban J connectivity index is 1.89. The summed E-state index contributed by atoms with van der Waals surface area (Å²) in [6.07, 6.45) is 3.06. The second-order valence-corrected chi connectivity index (χ2v) is 7.63. The third kappa shape index (κ3) is 2.96. The number of nitrogens with two attached hydrogens (primary N) is 1. The minimum absolute atomic E-state index is 0.0481. The molecular formula is C21H22N4O. The van der Waals surface area contributed by atoms with Gasteiger partial charge in [0.05, 0.1) is 16.9 Å². The number of aromatic amines is 1. The van der Waals surface area contributed by atoms with Gasteiger partial charge >= 0.3 is 0 Å². The molecular weight excluding hydrogens is 324 g/mol. The number of hydrogen-bond acceptors (Lipinski definition) is 4. The fraction of sp³-hybridized carbons (Fsp3) is 0.238. The first-order valence-corrected chi connectivity index (χ1v) is 8.75. The molecule has 0 saturated heterocycles. The molecule has 4 rings (SSSR count). The number of nitrogens with one attached hydrogen (secondary N) is 2. The lowest BCUT2D eigenvalue weighted by Crippen LogP contribution is -2.26. The minimum atomic E-state index is -0.0481. The minimum Gasteiger partial charge on any atom is -0.384 e. The number of nitrogen functional groups attached to an aromatic ring is 1. The molecule has 2 aromatic heterocycles. The molecule has 1 aliphatic carbocycles. The number of Topliss-reactive ketones (excluding diaryl/α,β-unsaturated/α-hetero) is 1. The Morgan fingerprint density at radius 2 is 1.92 bits per heavy atom. The van der Waals surface area contributed by atoms with Gasteiger partial charge in [0, 0.05) is 29.6 Å². The van der Waals surface area contributed by atoms with Crippen LogP contribution in [0.1, 0.15) is 36.3 Å². The van der Waals surface area contributed by atoms with Crippen LogP contribution in [0.15, 0.2) is 48.7 Å². The number of nitrogens with zero attached hydrogens (tertiary/aromatic N) is 1. The second kappa shape index (κ2) is 6.02. The third-order valence-corrected chi connectivity index (χ3v) is 4.76. The van der Waals surface area contributed by atoms with Crippen molar-refractivity contribution in [2.24, 2.45) is 5.41 Å². The molecule has 1 aromatic carbocycles. The van der Waals surface area contributed by atoms with Crippen LogP contribution >= 0.6 is 0 Å². The van der Waals surface area contributed by atoms with Crippen LogP contribution in [-0.2, 0) is 6.42 Å². The van der Waals surface area contributed by atoms with Crippen LogP contribution in [0.5, 0.6) is 0 Å². The molecule has 26 heavy (non-hydrogen) atoms. The molecule has 0 aliphatic heterocycles. The van der Waals surface area contributed by atoms with E-state index in [-0.39, 0.29) is 11.2 Å². The lowest BCUT2D eigenvalue weighted by Gasteiger charge is -2.28. The first-order valence-electron chi connectivity index (χ1n) is 8.75. The van der Waals surface area contributed by atoms with E-state index in [1.165, 1.54) is 0 Å². The zero-order chi connectivity index (χ0) is 18.3. The number of carbonyl (C=O) groups excluding carboxylic acids is 1. The lowest BCUT2D eigenvalue weighted by atomic mass is 9.76. The molecule has 3 aromatic rings. The van der Waals surface area contributed by atoms with Crippen molar-refractivity contribution < 1.29 is 4.79 Å². The maximum absolute atomic E-state index is 12.9. The number of anilines is 3. The maximum atomic E-state index is 12.9. The van der Waals surface area contributed by atoms with Gasteiger partial charge in [0.15, 0.2) is 5.78 Å². The smallest absolute Gasteiger partial charge is 0.167 e. The van der Waals surface area contributed by atoms with E-state index in [0.29, 0.717) is 12.2 Å².